The summed E-state index contributed by atoms with van der Waals surface area (Å²) in [6, 6.07) is 19.2. The Kier molecular flexibility index (Phi) is 9.86. The second-order valence-corrected chi connectivity index (χ2v) is 13.1. The van der Waals surface area contributed by atoms with Crippen LogP contribution in [0.15, 0.2) is 72.8 Å². The molecule has 0 aliphatic carbocycles. The number of hydrogen-bond donors (Lipinski definition) is 2. The molecular formula is C38H32Cl2N4O6. The van der Waals surface area contributed by atoms with Crippen molar-refractivity contribution in [3.05, 3.63) is 116 Å². The number of nitrogens with zero attached hydrogens (tertiary/aromatic N) is 2. The van der Waals surface area contributed by atoms with Crippen LogP contribution < -0.4 is 20.4 Å². The molecule has 4 aromatic rings. The van der Waals surface area contributed by atoms with Crippen molar-refractivity contribution in [1.29, 1.82) is 0 Å². The lowest BCUT2D eigenvalue weighted by Gasteiger charge is -2.24. The summed E-state index contributed by atoms with van der Waals surface area (Å²) in [6.07, 6.45) is 1.61. The van der Waals surface area contributed by atoms with Gasteiger partial charge in [0.05, 0.1) is 11.4 Å². The highest BCUT2D eigenvalue weighted by molar-refractivity contribution is 6.43. The molecule has 50 heavy (non-hydrogen) atoms. The Balaban J connectivity index is 1.12. The summed E-state index contributed by atoms with van der Waals surface area (Å²) in [5.74, 6) is -2.60. The molecule has 0 saturated heterocycles. The Hall–Kier alpha value is -5.32. The van der Waals surface area contributed by atoms with Gasteiger partial charge in [0.2, 0.25) is 0 Å². The molecule has 4 aromatic carbocycles. The largest absolute Gasteiger partial charge is 0.318 e. The number of ketones is 2. The summed E-state index contributed by atoms with van der Waals surface area (Å²) >= 11 is 12.2. The SMILES string of the molecule is Cc1cc(NC(=O)C(=O)Nc2ccc(C(=O)N3CCCC(=O)c4cc(Cl)ccc43)c(C)c2)ccc1C(=O)N1CCCC(=O)c2cc(Cl)ccc21. The first-order chi connectivity index (χ1) is 23.9. The van der Waals surface area contributed by atoms with E-state index in [1.165, 1.54) is 12.1 Å². The molecule has 0 saturated carbocycles. The fourth-order valence-electron chi connectivity index (χ4n) is 6.29. The molecule has 2 N–H and O–H groups in total. The van der Waals surface area contributed by atoms with Gasteiger partial charge in [0, 0.05) is 69.6 Å². The van der Waals surface area contributed by atoms with Gasteiger partial charge in [0.25, 0.3) is 11.8 Å². The molecule has 254 valence electrons. The molecule has 2 aliphatic heterocycles. The standard InChI is InChI=1S/C38H32Cl2N4O6/c1-21-17-25(9-11-27(21)37(49)43-15-3-5-33(45)29-19-23(39)7-13-31(29)43)41-35(47)36(48)42-26-10-12-28(22(2)18-26)38(50)44-16-4-6-34(46)30-20-24(40)8-14-32(30)44/h7-14,17-20H,3-6,15-16H2,1-2H3,(H,41,47)(H,42,48). The van der Waals surface area contributed by atoms with E-state index >= 15 is 0 Å². The average molecular weight is 712 g/mol. The second kappa shape index (κ2) is 14.3. The predicted octanol–water partition coefficient (Wildman–Crippen LogP) is 7.43. The maximum Gasteiger partial charge on any atom is 0.314 e. The lowest BCUT2D eigenvalue weighted by Crippen LogP contribution is -2.32. The third-order valence-corrected chi connectivity index (χ3v) is 9.27. The fraction of sp³-hybridized carbons (Fsp3) is 0.211. The molecule has 0 spiro atoms. The molecule has 0 radical (unpaired) electrons. The summed E-state index contributed by atoms with van der Waals surface area (Å²) in [5.41, 5.74) is 4.31. The van der Waals surface area contributed by atoms with Crippen LogP contribution in [0.1, 0.15) is 78.2 Å². The number of aryl methyl sites for hydroxylation is 2. The van der Waals surface area contributed by atoms with Crippen LogP contribution in [0.2, 0.25) is 10.0 Å². The Morgan fingerprint density at radius 3 is 1.36 bits per heavy atom. The van der Waals surface area contributed by atoms with E-state index in [1.54, 1.807) is 84.3 Å². The van der Waals surface area contributed by atoms with E-state index in [-0.39, 0.29) is 23.4 Å². The van der Waals surface area contributed by atoms with Crippen molar-refractivity contribution in [2.24, 2.45) is 0 Å². The van der Waals surface area contributed by atoms with Crippen molar-refractivity contribution in [3.8, 4) is 0 Å². The van der Waals surface area contributed by atoms with E-state index in [2.05, 4.69) is 10.6 Å². The molecule has 0 fully saturated rings. The predicted molar refractivity (Wildman–Crippen MR) is 193 cm³/mol. The monoisotopic (exact) mass is 710 g/mol. The van der Waals surface area contributed by atoms with Crippen molar-refractivity contribution in [2.75, 3.05) is 33.5 Å². The number of hydrogen-bond acceptors (Lipinski definition) is 6. The minimum Gasteiger partial charge on any atom is -0.318 e. The number of anilines is 4. The van der Waals surface area contributed by atoms with Gasteiger partial charge in [-0.3, -0.25) is 28.8 Å². The zero-order valence-electron chi connectivity index (χ0n) is 27.3. The number of carbonyl (C=O) groups is 6. The highest BCUT2D eigenvalue weighted by Crippen LogP contribution is 2.33. The van der Waals surface area contributed by atoms with Gasteiger partial charge in [-0.2, -0.15) is 0 Å². The van der Waals surface area contributed by atoms with Crippen molar-refractivity contribution in [1.82, 2.24) is 0 Å². The third kappa shape index (κ3) is 7.03. The van der Waals surface area contributed by atoms with Gasteiger partial charge in [-0.05, 0) is 111 Å². The normalized spacial score (nSPS) is 14.2. The number of benzene rings is 4. The van der Waals surface area contributed by atoms with Crippen LogP contribution in [-0.2, 0) is 9.59 Å². The van der Waals surface area contributed by atoms with Gasteiger partial charge in [-0.1, -0.05) is 23.2 Å². The fourth-order valence-corrected chi connectivity index (χ4v) is 6.64. The van der Waals surface area contributed by atoms with Crippen molar-refractivity contribution < 1.29 is 28.8 Å². The second-order valence-electron chi connectivity index (χ2n) is 12.3. The number of amides is 4. The van der Waals surface area contributed by atoms with Crippen LogP contribution in [0.5, 0.6) is 0 Å². The molecule has 0 atom stereocenters. The van der Waals surface area contributed by atoms with E-state index < -0.39 is 11.8 Å². The zero-order chi connectivity index (χ0) is 35.7. The van der Waals surface area contributed by atoms with Crippen LogP contribution in [0.25, 0.3) is 0 Å². The Bertz CT molecular complexity index is 1960. The Labute approximate surface area is 298 Å². The number of halogens is 2. The van der Waals surface area contributed by atoms with Crippen LogP contribution in [0, 0.1) is 13.8 Å². The van der Waals surface area contributed by atoms with Crippen molar-refractivity contribution in [3.63, 3.8) is 0 Å². The van der Waals surface area contributed by atoms with E-state index in [0.717, 1.165) is 0 Å². The number of Topliss-reactive ketones (excluding diaryl/α,β-unsaturated/α-hetero) is 2. The van der Waals surface area contributed by atoms with E-state index in [9.17, 15) is 28.8 Å². The number of rotatable bonds is 4. The van der Waals surface area contributed by atoms with Crippen LogP contribution in [-0.4, -0.2) is 48.3 Å². The van der Waals surface area contributed by atoms with Gasteiger partial charge in [0.15, 0.2) is 11.6 Å². The molecule has 0 aromatic heterocycles. The molecule has 0 bridgehead atoms. The van der Waals surface area contributed by atoms with Gasteiger partial charge >= 0.3 is 11.8 Å². The highest BCUT2D eigenvalue weighted by atomic mass is 35.5. The van der Waals surface area contributed by atoms with E-state index in [0.29, 0.717) is 105 Å². The van der Waals surface area contributed by atoms with Gasteiger partial charge in [0.1, 0.15) is 0 Å². The number of carbonyl (C=O) groups excluding carboxylic acids is 6. The maximum absolute atomic E-state index is 13.6. The lowest BCUT2D eigenvalue weighted by atomic mass is 10.0. The molecule has 6 rings (SSSR count). The smallest absolute Gasteiger partial charge is 0.314 e. The summed E-state index contributed by atoms with van der Waals surface area (Å²) in [7, 11) is 0. The average Bonchev–Trinajstić information content (AvgIpc) is 3.34. The minimum absolute atomic E-state index is 0.0748. The summed E-state index contributed by atoms with van der Waals surface area (Å²) in [5, 5.41) is 5.95. The van der Waals surface area contributed by atoms with E-state index in [1.807, 2.05) is 0 Å². The van der Waals surface area contributed by atoms with Crippen LogP contribution in [0.3, 0.4) is 0 Å². The molecule has 4 amide bonds. The van der Waals surface area contributed by atoms with Gasteiger partial charge < -0.3 is 20.4 Å². The molecule has 0 unspecified atom stereocenters. The van der Waals surface area contributed by atoms with Gasteiger partial charge in [-0.25, -0.2) is 0 Å². The zero-order valence-corrected chi connectivity index (χ0v) is 28.8. The summed E-state index contributed by atoms with van der Waals surface area (Å²) < 4.78 is 0. The first-order valence-corrected chi connectivity index (χ1v) is 16.8. The molecule has 2 heterocycles. The topological polar surface area (TPSA) is 133 Å². The third-order valence-electron chi connectivity index (χ3n) is 8.80. The molecule has 10 nitrogen and oxygen atoms in total. The molecule has 12 heteroatoms. The highest BCUT2D eigenvalue weighted by Gasteiger charge is 2.29. The van der Waals surface area contributed by atoms with Crippen LogP contribution in [0.4, 0.5) is 22.7 Å². The first kappa shape index (κ1) is 34.5. The van der Waals surface area contributed by atoms with E-state index in [4.69, 9.17) is 23.2 Å². The summed E-state index contributed by atoms with van der Waals surface area (Å²) in [6.45, 7) is 4.15. The number of fused-ring (bicyclic) bond motifs is 2. The Morgan fingerprint density at radius 1 is 0.580 bits per heavy atom. The quantitative estimate of drug-likeness (QED) is 0.212. The maximum atomic E-state index is 13.6. The Morgan fingerprint density at radius 2 is 0.980 bits per heavy atom. The lowest BCUT2D eigenvalue weighted by molar-refractivity contribution is -0.132. The summed E-state index contributed by atoms with van der Waals surface area (Å²) in [4.78, 5) is 81.4. The first-order valence-electron chi connectivity index (χ1n) is 16.0. The molecular weight excluding hydrogens is 679 g/mol. The van der Waals surface area contributed by atoms with Crippen molar-refractivity contribution >= 4 is 81.1 Å². The molecule has 2 aliphatic rings. The van der Waals surface area contributed by atoms with Gasteiger partial charge in [-0.15, -0.1) is 0 Å². The number of nitrogens with one attached hydrogen (secondary N) is 2. The van der Waals surface area contributed by atoms with Crippen LogP contribution >= 0.6 is 23.2 Å². The van der Waals surface area contributed by atoms with Crippen molar-refractivity contribution in [2.45, 2.75) is 39.5 Å². The minimum atomic E-state index is -0.928.